The van der Waals surface area contributed by atoms with Gasteiger partial charge < -0.3 is 15.2 Å². The number of carbonyl (C=O) groups is 2. The Bertz CT molecular complexity index is 1090. The van der Waals surface area contributed by atoms with Crippen molar-refractivity contribution in [3.05, 3.63) is 64.1 Å². The van der Waals surface area contributed by atoms with E-state index in [4.69, 9.17) is 9.84 Å². The Hall–Kier alpha value is -3.68. The van der Waals surface area contributed by atoms with Gasteiger partial charge in [0.1, 0.15) is 5.75 Å². The van der Waals surface area contributed by atoms with E-state index in [-0.39, 0.29) is 18.4 Å². The molecule has 0 atom stereocenters. The highest BCUT2D eigenvalue weighted by Gasteiger charge is 2.12. The largest absolute Gasteiger partial charge is 0.495 e. The van der Waals surface area contributed by atoms with Crippen molar-refractivity contribution in [3.63, 3.8) is 0 Å². The van der Waals surface area contributed by atoms with Crippen LogP contribution in [-0.2, 0) is 16.0 Å². The molecule has 1 heterocycles. The highest BCUT2D eigenvalue weighted by atomic mass is 16.5. The molecule has 0 aliphatic heterocycles. The molecule has 0 spiro atoms. The Balaban J connectivity index is 1.88. The van der Waals surface area contributed by atoms with Crippen LogP contribution in [0.2, 0.25) is 0 Å². The number of hydrogen-bond acceptors (Lipinski definition) is 5. The van der Waals surface area contributed by atoms with Gasteiger partial charge in [-0.1, -0.05) is 24.3 Å². The Morgan fingerprint density at radius 1 is 1.14 bits per heavy atom. The number of methoxy groups -OCH3 is 1. The molecule has 0 aliphatic rings. The molecule has 2 aromatic carbocycles. The van der Waals surface area contributed by atoms with Crippen LogP contribution < -0.4 is 15.6 Å². The van der Waals surface area contributed by atoms with Gasteiger partial charge in [-0.3, -0.25) is 14.4 Å². The summed E-state index contributed by atoms with van der Waals surface area (Å²) in [4.78, 5) is 34.5. The van der Waals surface area contributed by atoms with Crippen LogP contribution in [0, 0.1) is 0 Å². The minimum absolute atomic E-state index is 0.130. The first kappa shape index (κ1) is 19.1. The summed E-state index contributed by atoms with van der Waals surface area (Å²) in [6.07, 6.45) is 0.0508. The van der Waals surface area contributed by atoms with Crippen molar-refractivity contribution in [1.82, 2.24) is 10.2 Å². The molecule has 0 radical (unpaired) electrons. The molecule has 1 aromatic heterocycles. The number of ether oxygens (including phenoxy) is 1. The maximum Gasteiger partial charge on any atom is 0.303 e. The van der Waals surface area contributed by atoms with Gasteiger partial charge in [-0.2, -0.15) is 5.10 Å². The first-order chi connectivity index (χ1) is 13.5. The SMILES string of the molecule is COc1ccc(Cc2n[nH]c(=O)c3ccccc23)cc1NC(=O)CCC(=O)O. The number of amides is 1. The lowest BCUT2D eigenvalue weighted by atomic mass is 10.0. The average molecular weight is 381 g/mol. The Labute approximate surface area is 160 Å². The minimum Gasteiger partial charge on any atom is -0.495 e. The van der Waals surface area contributed by atoms with Gasteiger partial charge in [0.2, 0.25) is 5.91 Å². The van der Waals surface area contributed by atoms with Crippen molar-refractivity contribution in [3.8, 4) is 5.75 Å². The van der Waals surface area contributed by atoms with Crippen LogP contribution in [0.4, 0.5) is 5.69 Å². The first-order valence-electron chi connectivity index (χ1n) is 8.63. The zero-order valence-electron chi connectivity index (χ0n) is 15.2. The summed E-state index contributed by atoms with van der Waals surface area (Å²) in [5.41, 5.74) is 1.74. The van der Waals surface area contributed by atoms with Gasteiger partial charge in [-0.05, 0) is 23.8 Å². The van der Waals surface area contributed by atoms with Gasteiger partial charge in [0.05, 0.1) is 30.3 Å². The van der Waals surface area contributed by atoms with E-state index in [1.807, 2.05) is 18.2 Å². The van der Waals surface area contributed by atoms with E-state index >= 15 is 0 Å². The number of aromatic nitrogens is 2. The quantitative estimate of drug-likeness (QED) is 0.577. The molecule has 8 nitrogen and oxygen atoms in total. The maximum atomic E-state index is 12.0. The molecule has 0 fully saturated rings. The summed E-state index contributed by atoms with van der Waals surface area (Å²) in [5.74, 6) is -0.982. The van der Waals surface area contributed by atoms with E-state index in [1.165, 1.54) is 7.11 Å². The molecular weight excluding hydrogens is 362 g/mol. The van der Waals surface area contributed by atoms with Crippen LogP contribution in [0.25, 0.3) is 10.8 Å². The van der Waals surface area contributed by atoms with Crippen LogP contribution in [0.5, 0.6) is 5.75 Å². The van der Waals surface area contributed by atoms with Gasteiger partial charge in [0.15, 0.2) is 0 Å². The molecule has 0 bridgehead atoms. The average Bonchev–Trinajstić information content (AvgIpc) is 2.69. The molecule has 28 heavy (non-hydrogen) atoms. The summed E-state index contributed by atoms with van der Waals surface area (Å²) in [7, 11) is 1.49. The molecule has 3 N–H and O–H groups in total. The predicted octanol–water partition coefficient (Wildman–Crippen LogP) is 2.33. The molecule has 0 saturated heterocycles. The third kappa shape index (κ3) is 4.35. The monoisotopic (exact) mass is 381 g/mol. The van der Waals surface area contributed by atoms with Crippen LogP contribution >= 0.6 is 0 Å². The van der Waals surface area contributed by atoms with Crippen molar-refractivity contribution < 1.29 is 19.4 Å². The van der Waals surface area contributed by atoms with E-state index in [0.29, 0.717) is 28.9 Å². The summed E-state index contributed by atoms with van der Waals surface area (Å²) in [5, 5.41) is 19.4. The third-order valence-corrected chi connectivity index (χ3v) is 4.25. The maximum absolute atomic E-state index is 12.0. The molecule has 144 valence electrons. The van der Waals surface area contributed by atoms with E-state index in [0.717, 1.165) is 10.9 Å². The number of anilines is 1. The van der Waals surface area contributed by atoms with E-state index in [1.54, 1.807) is 24.3 Å². The molecule has 8 heteroatoms. The number of nitrogens with zero attached hydrogens (tertiary/aromatic N) is 1. The normalized spacial score (nSPS) is 10.6. The highest BCUT2D eigenvalue weighted by molar-refractivity contribution is 5.94. The summed E-state index contributed by atoms with van der Waals surface area (Å²) in [6.45, 7) is 0. The number of nitrogens with one attached hydrogen (secondary N) is 2. The van der Waals surface area contributed by atoms with Gasteiger partial charge in [0.25, 0.3) is 5.56 Å². The minimum atomic E-state index is -1.04. The number of aliphatic carboxylic acids is 1. The van der Waals surface area contributed by atoms with Gasteiger partial charge in [-0.25, -0.2) is 5.10 Å². The number of rotatable bonds is 7. The van der Waals surface area contributed by atoms with Crippen LogP contribution in [0.15, 0.2) is 47.3 Å². The lowest BCUT2D eigenvalue weighted by Gasteiger charge is -2.12. The third-order valence-electron chi connectivity index (χ3n) is 4.25. The number of H-pyrrole nitrogens is 1. The summed E-state index contributed by atoms with van der Waals surface area (Å²) in [6, 6.07) is 12.5. The number of carboxylic acids is 1. The highest BCUT2D eigenvalue weighted by Crippen LogP contribution is 2.27. The number of carbonyl (C=O) groups excluding carboxylic acids is 1. The second kappa shape index (κ2) is 8.34. The van der Waals surface area contributed by atoms with Gasteiger partial charge in [-0.15, -0.1) is 0 Å². The van der Waals surface area contributed by atoms with Crippen LogP contribution in [0.1, 0.15) is 24.1 Å². The Morgan fingerprint density at radius 3 is 2.61 bits per heavy atom. The molecule has 0 unspecified atom stereocenters. The number of hydrogen-bond donors (Lipinski definition) is 3. The van der Waals surface area contributed by atoms with Crippen LogP contribution in [0.3, 0.4) is 0 Å². The van der Waals surface area contributed by atoms with Gasteiger partial charge >= 0.3 is 5.97 Å². The zero-order chi connectivity index (χ0) is 20.1. The lowest BCUT2D eigenvalue weighted by molar-refractivity contribution is -0.138. The molecule has 0 aliphatic carbocycles. The molecule has 0 saturated carbocycles. The van der Waals surface area contributed by atoms with Crippen molar-refractivity contribution >= 4 is 28.3 Å². The standard InChI is InChI=1S/C20H19N3O5/c1-28-17-7-6-12(11-16(17)21-18(24)8-9-19(25)26)10-15-13-4-2-3-5-14(13)20(27)23-22-15/h2-7,11H,8-10H2,1H3,(H,21,24)(H,23,27)(H,25,26). The summed E-state index contributed by atoms with van der Waals surface area (Å²) >= 11 is 0. The number of aromatic amines is 1. The van der Waals surface area contributed by atoms with Crippen molar-refractivity contribution in [1.29, 1.82) is 0 Å². The number of benzene rings is 2. The molecule has 1 amide bonds. The Morgan fingerprint density at radius 2 is 1.89 bits per heavy atom. The van der Waals surface area contributed by atoms with E-state index in [2.05, 4.69) is 15.5 Å². The fourth-order valence-electron chi connectivity index (χ4n) is 2.90. The molecule has 3 rings (SSSR count). The predicted molar refractivity (Wildman–Crippen MR) is 104 cm³/mol. The zero-order valence-corrected chi connectivity index (χ0v) is 15.2. The van der Waals surface area contributed by atoms with E-state index in [9.17, 15) is 14.4 Å². The fourth-order valence-corrected chi connectivity index (χ4v) is 2.90. The van der Waals surface area contributed by atoms with Crippen molar-refractivity contribution in [2.75, 3.05) is 12.4 Å². The topological polar surface area (TPSA) is 121 Å². The number of fused-ring (bicyclic) bond motifs is 1. The lowest BCUT2D eigenvalue weighted by Crippen LogP contribution is -2.14. The van der Waals surface area contributed by atoms with E-state index < -0.39 is 11.9 Å². The van der Waals surface area contributed by atoms with Crippen molar-refractivity contribution in [2.45, 2.75) is 19.3 Å². The van der Waals surface area contributed by atoms with Crippen molar-refractivity contribution in [2.24, 2.45) is 0 Å². The first-order valence-corrected chi connectivity index (χ1v) is 8.63. The second-order valence-electron chi connectivity index (χ2n) is 6.20. The summed E-state index contributed by atoms with van der Waals surface area (Å²) < 4.78 is 5.27. The smallest absolute Gasteiger partial charge is 0.303 e. The molecular formula is C20H19N3O5. The Kier molecular flexibility index (Phi) is 5.69. The molecule has 3 aromatic rings. The number of carboxylic acid groups (broad SMARTS) is 1. The van der Waals surface area contributed by atoms with Crippen LogP contribution in [-0.4, -0.2) is 34.3 Å². The fraction of sp³-hybridized carbons (Fsp3) is 0.200. The second-order valence-corrected chi connectivity index (χ2v) is 6.20. The van der Waals surface area contributed by atoms with Gasteiger partial charge in [0, 0.05) is 18.2 Å².